The molecule has 9 aromatic rings. The van der Waals surface area contributed by atoms with E-state index in [4.69, 9.17) is 15.0 Å². The van der Waals surface area contributed by atoms with Crippen molar-refractivity contribution < 1.29 is 0 Å². The minimum atomic E-state index is 0.692. The van der Waals surface area contributed by atoms with Gasteiger partial charge in [-0.15, -0.1) is 0 Å². The number of hydrogen-bond acceptors (Lipinski definition) is 3. The van der Waals surface area contributed by atoms with E-state index < -0.39 is 0 Å². The number of fused-ring (bicyclic) bond motifs is 4. The average molecular weight is 612 g/mol. The summed E-state index contributed by atoms with van der Waals surface area (Å²) in [6, 6.07) is 59.5. The van der Waals surface area contributed by atoms with Crippen molar-refractivity contribution in [3.8, 4) is 56.2 Å². The Hall–Kier alpha value is -6.45. The molecule has 2 aromatic heterocycles. The monoisotopic (exact) mass is 611 g/mol. The summed E-state index contributed by atoms with van der Waals surface area (Å²) in [5.74, 6) is 0.692. The summed E-state index contributed by atoms with van der Waals surface area (Å²) in [5.41, 5.74) is 10.5. The van der Waals surface area contributed by atoms with Gasteiger partial charge >= 0.3 is 0 Å². The molecule has 0 aliphatic heterocycles. The number of pyridine rings is 1. The first-order chi connectivity index (χ1) is 23.8. The average Bonchev–Trinajstić information content (AvgIpc) is 3.18. The number of benzene rings is 7. The van der Waals surface area contributed by atoms with E-state index in [0.29, 0.717) is 5.82 Å². The van der Waals surface area contributed by atoms with Crippen LogP contribution in [0.15, 0.2) is 176 Å². The van der Waals surface area contributed by atoms with Crippen molar-refractivity contribution >= 4 is 32.4 Å². The Labute approximate surface area is 278 Å². The van der Waals surface area contributed by atoms with Crippen LogP contribution in [0.3, 0.4) is 0 Å². The Morgan fingerprint density at radius 3 is 1.50 bits per heavy atom. The van der Waals surface area contributed by atoms with Gasteiger partial charge in [-0.1, -0.05) is 152 Å². The molecule has 9 rings (SSSR count). The molecule has 0 fully saturated rings. The van der Waals surface area contributed by atoms with E-state index in [2.05, 4.69) is 152 Å². The van der Waals surface area contributed by atoms with Gasteiger partial charge in [0.15, 0.2) is 5.82 Å². The summed E-state index contributed by atoms with van der Waals surface area (Å²) in [5, 5.41) is 5.76. The topological polar surface area (TPSA) is 38.7 Å². The molecular formula is C45H29N3. The maximum Gasteiger partial charge on any atom is 0.160 e. The highest BCUT2D eigenvalue weighted by atomic mass is 14.9. The Morgan fingerprint density at radius 1 is 0.354 bits per heavy atom. The van der Waals surface area contributed by atoms with E-state index in [1.54, 1.807) is 0 Å². The number of nitrogens with zero attached hydrogens (tertiary/aromatic N) is 3. The quantitative estimate of drug-likeness (QED) is 0.144. The maximum absolute atomic E-state index is 5.17. The lowest BCUT2D eigenvalue weighted by Gasteiger charge is -2.19. The third-order valence-corrected chi connectivity index (χ3v) is 9.10. The van der Waals surface area contributed by atoms with Gasteiger partial charge in [0, 0.05) is 33.7 Å². The van der Waals surface area contributed by atoms with Gasteiger partial charge in [0.1, 0.15) is 0 Å². The van der Waals surface area contributed by atoms with Crippen LogP contribution in [0.5, 0.6) is 0 Å². The molecule has 0 aliphatic carbocycles. The Morgan fingerprint density at radius 2 is 0.896 bits per heavy atom. The molecule has 3 heteroatoms. The van der Waals surface area contributed by atoms with E-state index in [0.717, 1.165) is 66.3 Å². The second-order valence-corrected chi connectivity index (χ2v) is 12.0. The molecular weight excluding hydrogens is 583 g/mol. The molecule has 0 aliphatic rings. The number of rotatable bonds is 5. The molecule has 7 aromatic carbocycles. The molecule has 0 unspecified atom stereocenters. The van der Waals surface area contributed by atoms with Crippen molar-refractivity contribution in [1.29, 1.82) is 0 Å². The Bertz CT molecular complexity index is 2520. The lowest BCUT2D eigenvalue weighted by Crippen LogP contribution is -1.97. The largest absolute Gasteiger partial charge is 0.256 e. The van der Waals surface area contributed by atoms with E-state index >= 15 is 0 Å². The second kappa shape index (κ2) is 11.7. The lowest BCUT2D eigenvalue weighted by molar-refractivity contribution is 1.18. The Kier molecular flexibility index (Phi) is 6.80. The second-order valence-electron chi connectivity index (χ2n) is 12.0. The smallest absolute Gasteiger partial charge is 0.160 e. The fourth-order valence-corrected chi connectivity index (χ4v) is 6.90. The van der Waals surface area contributed by atoms with Crippen molar-refractivity contribution in [2.45, 2.75) is 0 Å². The van der Waals surface area contributed by atoms with E-state index in [1.807, 2.05) is 24.4 Å². The minimum absolute atomic E-state index is 0.692. The zero-order valence-corrected chi connectivity index (χ0v) is 26.1. The van der Waals surface area contributed by atoms with Gasteiger partial charge in [-0.2, -0.15) is 0 Å². The molecule has 0 spiro atoms. The summed E-state index contributed by atoms with van der Waals surface area (Å²) >= 11 is 0. The van der Waals surface area contributed by atoms with Crippen molar-refractivity contribution in [3.63, 3.8) is 0 Å². The zero-order valence-electron chi connectivity index (χ0n) is 26.1. The van der Waals surface area contributed by atoms with Crippen LogP contribution in [-0.2, 0) is 0 Å². The Balaban J connectivity index is 1.40. The summed E-state index contributed by atoms with van der Waals surface area (Å²) < 4.78 is 0. The molecule has 0 saturated heterocycles. The van der Waals surface area contributed by atoms with Gasteiger partial charge in [-0.3, -0.25) is 4.98 Å². The van der Waals surface area contributed by atoms with Crippen LogP contribution >= 0.6 is 0 Å². The van der Waals surface area contributed by atoms with E-state index in [1.165, 1.54) is 16.5 Å². The first-order valence-electron chi connectivity index (χ1n) is 16.2. The summed E-state index contributed by atoms with van der Waals surface area (Å²) in [6.45, 7) is 0. The van der Waals surface area contributed by atoms with Crippen molar-refractivity contribution in [1.82, 2.24) is 15.0 Å². The first kappa shape index (κ1) is 27.8. The van der Waals surface area contributed by atoms with Crippen molar-refractivity contribution in [2.75, 3.05) is 0 Å². The SMILES string of the molecule is c1ccc(-c2cc(-c3ccccc3)nc(-c3ccc4c(-c5ccccc5)c5c(ccc6cccnc65)c(-c5ccccc5)c4c3)n2)cc1. The summed E-state index contributed by atoms with van der Waals surface area (Å²) in [6.07, 6.45) is 1.90. The van der Waals surface area contributed by atoms with Crippen LogP contribution in [-0.4, -0.2) is 15.0 Å². The van der Waals surface area contributed by atoms with Crippen LogP contribution in [0, 0.1) is 0 Å². The molecule has 3 nitrogen and oxygen atoms in total. The molecule has 0 bridgehead atoms. The minimum Gasteiger partial charge on any atom is -0.256 e. The van der Waals surface area contributed by atoms with Gasteiger partial charge in [0.2, 0.25) is 0 Å². The normalized spacial score (nSPS) is 11.3. The first-order valence-corrected chi connectivity index (χ1v) is 16.2. The standard InChI is InChI=1S/C45H29N3/c1-5-14-30(15-6-1)39-29-40(31-16-7-2-8-17-31)48-45(47-39)35-24-25-36-38(28-35)41(32-18-9-3-10-19-32)37-26-23-34-22-13-27-46-44(34)43(37)42(36)33-20-11-4-12-21-33/h1-29H. The van der Waals surface area contributed by atoms with Gasteiger partial charge < -0.3 is 0 Å². The summed E-state index contributed by atoms with van der Waals surface area (Å²) in [4.78, 5) is 15.3. The van der Waals surface area contributed by atoms with Gasteiger partial charge in [0.25, 0.3) is 0 Å². The van der Waals surface area contributed by atoms with Crippen LogP contribution in [0.4, 0.5) is 0 Å². The molecule has 0 atom stereocenters. The fraction of sp³-hybridized carbons (Fsp3) is 0. The highest BCUT2D eigenvalue weighted by Crippen LogP contribution is 2.46. The molecule has 2 heterocycles. The lowest BCUT2D eigenvalue weighted by atomic mass is 9.84. The van der Waals surface area contributed by atoms with Gasteiger partial charge in [-0.05, 0) is 56.6 Å². The highest BCUT2D eigenvalue weighted by molar-refractivity contribution is 6.27. The fourth-order valence-electron chi connectivity index (χ4n) is 6.90. The zero-order chi connectivity index (χ0) is 31.9. The van der Waals surface area contributed by atoms with Crippen LogP contribution in [0.25, 0.3) is 88.6 Å². The summed E-state index contributed by atoms with van der Waals surface area (Å²) in [7, 11) is 0. The number of hydrogen-bond donors (Lipinski definition) is 0. The predicted octanol–water partition coefficient (Wildman–Crippen LogP) is 11.7. The van der Waals surface area contributed by atoms with E-state index in [9.17, 15) is 0 Å². The van der Waals surface area contributed by atoms with Gasteiger partial charge in [-0.25, -0.2) is 9.97 Å². The van der Waals surface area contributed by atoms with Crippen LogP contribution in [0.2, 0.25) is 0 Å². The third-order valence-electron chi connectivity index (χ3n) is 9.10. The van der Waals surface area contributed by atoms with Gasteiger partial charge in [0.05, 0.1) is 16.9 Å². The van der Waals surface area contributed by atoms with Crippen LogP contribution < -0.4 is 0 Å². The highest BCUT2D eigenvalue weighted by Gasteiger charge is 2.20. The number of aromatic nitrogens is 3. The predicted molar refractivity (Wildman–Crippen MR) is 200 cm³/mol. The molecule has 224 valence electrons. The molecule has 0 radical (unpaired) electrons. The maximum atomic E-state index is 5.17. The molecule has 0 N–H and O–H groups in total. The van der Waals surface area contributed by atoms with Crippen molar-refractivity contribution in [2.24, 2.45) is 0 Å². The molecule has 48 heavy (non-hydrogen) atoms. The molecule has 0 amide bonds. The van der Waals surface area contributed by atoms with Crippen molar-refractivity contribution in [3.05, 3.63) is 176 Å². The van der Waals surface area contributed by atoms with Crippen LogP contribution in [0.1, 0.15) is 0 Å². The molecule has 0 saturated carbocycles. The van der Waals surface area contributed by atoms with E-state index in [-0.39, 0.29) is 0 Å². The third kappa shape index (κ3) is 4.81.